The number of pyridine rings is 1. The number of aromatic nitrogens is 4. The van der Waals surface area contributed by atoms with Crippen molar-refractivity contribution in [3.63, 3.8) is 0 Å². The molecule has 0 radical (unpaired) electrons. The third-order valence-electron chi connectivity index (χ3n) is 4.84. The van der Waals surface area contributed by atoms with Crippen LogP contribution in [-0.2, 0) is 11.2 Å². The standard InChI is InChI=1S/C23H24N6O3S/c1-12(2)9-19-13(3)26-23(33-19)28-22(31)18(30)11-25-21-17-10-16(20-27-14(4)32-29-20)6-5-15(17)7-8-24-21/h5-8,10-12,30H,9H2,1-4H3,(H,24,25)(H,26,28,31)/b18-11-. The minimum atomic E-state index is -0.657. The summed E-state index contributed by atoms with van der Waals surface area (Å²) in [7, 11) is 0. The van der Waals surface area contributed by atoms with Crippen molar-refractivity contribution in [2.45, 2.75) is 34.1 Å². The van der Waals surface area contributed by atoms with E-state index in [-0.39, 0.29) is 0 Å². The number of carbonyl (C=O) groups is 1. The van der Waals surface area contributed by atoms with Crippen LogP contribution >= 0.6 is 11.3 Å². The molecule has 0 fully saturated rings. The number of aliphatic hydroxyl groups is 1. The number of fused-ring (bicyclic) bond motifs is 1. The van der Waals surface area contributed by atoms with Gasteiger partial charge < -0.3 is 14.9 Å². The van der Waals surface area contributed by atoms with E-state index in [0.717, 1.165) is 33.3 Å². The smallest absolute Gasteiger partial charge is 0.293 e. The first-order valence-electron chi connectivity index (χ1n) is 10.4. The van der Waals surface area contributed by atoms with Crippen LogP contribution in [0.2, 0.25) is 0 Å². The van der Waals surface area contributed by atoms with Crippen molar-refractivity contribution in [2.24, 2.45) is 5.92 Å². The van der Waals surface area contributed by atoms with E-state index in [0.29, 0.717) is 28.6 Å². The first kappa shape index (κ1) is 22.4. The summed E-state index contributed by atoms with van der Waals surface area (Å²) in [6.07, 6.45) is 3.74. The number of hydrogen-bond acceptors (Lipinski definition) is 9. The van der Waals surface area contributed by atoms with Crippen molar-refractivity contribution in [3.8, 4) is 11.4 Å². The number of hydrogen-bond donors (Lipinski definition) is 3. The number of nitrogens with zero attached hydrogens (tertiary/aromatic N) is 4. The largest absolute Gasteiger partial charge is 0.502 e. The zero-order valence-corrected chi connectivity index (χ0v) is 19.5. The highest BCUT2D eigenvalue weighted by atomic mass is 32.1. The predicted molar refractivity (Wildman–Crippen MR) is 128 cm³/mol. The van der Waals surface area contributed by atoms with E-state index in [9.17, 15) is 9.90 Å². The average molecular weight is 465 g/mol. The number of thiazole rings is 1. The van der Waals surface area contributed by atoms with Gasteiger partial charge in [0.1, 0.15) is 5.82 Å². The summed E-state index contributed by atoms with van der Waals surface area (Å²) >= 11 is 1.42. The minimum absolute atomic E-state index is 0.455. The second kappa shape index (κ2) is 9.37. The van der Waals surface area contributed by atoms with Gasteiger partial charge in [0, 0.05) is 28.9 Å². The van der Waals surface area contributed by atoms with Crippen molar-refractivity contribution in [1.29, 1.82) is 0 Å². The van der Waals surface area contributed by atoms with Gasteiger partial charge >= 0.3 is 0 Å². The van der Waals surface area contributed by atoms with Gasteiger partial charge in [0.05, 0.1) is 11.9 Å². The number of rotatable bonds is 7. The topological polar surface area (TPSA) is 126 Å². The summed E-state index contributed by atoms with van der Waals surface area (Å²) in [5.74, 6) is 0.756. The molecular formula is C23H24N6O3S. The van der Waals surface area contributed by atoms with Gasteiger partial charge in [0.15, 0.2) is 10.9 Å². The lowest BCUT2D eigenvalue weighted by Crippen LogP contribution is -2.15. The Kier molecular flexibility index (Phi) is 6.36. The molecule has 1 aromatic carbocycles. The second-order valence-corrected chi connectivity index (χ2v) is 9.07. The molecule has 10 heteroatoms. The Morgan fingerprint density at radius 2 is 2.06 bits per heavy atom. The maximum Gasteiger partial charge on any atom is 0.293 e. The highest BCUT2D eigenvalue weighted by Gasteiger charge is 2.15. The Balaban J connectivity index is 1.52. The summed E-state index contributed by atoms with van der Waals surface area (Å²) in [5.41, 5.74) is 1.65. The molecule has 9 nitrogen and oxygen atoms in total. The Morgan fingerprint density at radius 3 is 2.79 bits per heavy atom. The molecule has 0 saturated heterocycles. The van der Waals surface area contributed by atoms with Gasteiger partial charge in [-0.1, -0.05) is 31.1 Å². The van der Waals surface area contributed by atoms with Crippen LogP contribution in [0.1, 0.15) is 30.3 Å². The van der Waals surface area contributed by atoms with E-state index < -0.39 is 11.7 Å². The van der Waals surface area contributed by atoms with Gasteiger partial charge in [-0.15, -0.1) is 11.3 Å². The normalized spacial score (nSPS) is 11.8. The van der Waals surface area contributed by atoms with E-state index in [1.807, 2.05) is 31.2 Å². The lowest BCUT2D eigenvalue weighted by Gasteiger charge is -2.07. The number of anilines is 2. The lowest BCUT2D eigenvalue weighted by atomic mass is 10.1. The van der Waals surface area contributed by atoms with Crippen molar-refractivity contribution < 1.29 is 14.4 Å². The fraction of sp³-hybridized carbons (Fsp3) is 0.261. The molecule has 0 aliphatic rings. The van der Waals surface area contributed by atoms with Crippen LogP contribution in [0.15, 0.2) is 46.9 Å². The van der Waals surface area contributed by atoms with Gasteiger partial charge in [0.25, 0.3) is 5.91 Å². The van der Waals surface area contributed by atoms with Crippen LogP contribution in [-0.4, -0.2) is 31.1 Å². The molecule has 3 aromatic heterocycles. The fourth-order valence-electron chi connectivity index (χ4n) is 3.24. The van der Waals surface area contributed by atoms with Gasteiger partial charge in [-0.3, -0.25) is 10.1 Å². The Labute approximate surface area is 194 Å². The molecule has 0 atom stereocenters. The molecule has 4 rings (SSSR count). The van der Waals surface area contributed by atoms with E-state index in [1.165, 1.54) is 17.5 Å². The zero-order valence-electron chi connectivity index (χ0n) is 18.7. The molecule has 3 N–H and O–H groups in total. The maximum atomic E-state index is 12.4. The number of nitrogens with one attached hydrogen (secondary N) is 2. The molecule has 1 amide bonds. The molecular weight excluding hydrogens is 440 g/mol. The molecule has 4 aromatic rings. The highest BCUT2D eigenvalue weighted by Crippen LogP contribution is 2.27. The van der Waals surface area contributed by atoms with Gasteiger partial charge in [0.2, 0.25) is 11.7 Å². The van der Waals surface area contributed by atoms with Gasteiger partial charge in [-0.25, -0.2) is 9.97 Å². The fourth-order valence-corrected chi connectivity index (χ4v) is 4.41. The highest BCUT2D eigenvalue weighted by molar-refractivity contribution is 7.15. The Hall–Kier alpha value is -3.79. The summed E-state index contributed by atoms with van der Waals surface area (Å²) in [6, 6.07) is 7.54. The second-order valence-electron chi connectivity index (χ2n) is 7.99. The first-order valence-corrected chi connectivity index (χ1v) is 11.2. The molecule has 0 unspecified atom stereocenters. The van der Waals surface area contributed by atoms with Crippen LogP contribution in [0.3, 0.4) is 0 Å². The molecule has 0 spiro atoms. The summed E-state index contributed by atoms with van der Waals surface area (Å²) in [5, 5.41) is 21.9. The lowest BCUT2D eigenvalue weighted by molar-refractivity contribution is -0.115. The Morgan fingerprint density at radius 1 is 1.24 bits per heavy atom. The minimum Gasteiger partial charge on any atom is -0.502 e. The van der Waals surface area contributed by atoms with Crippen LogP contribution in [0.4, 0.5) is 10.9 Å². The van der Waals surface area contributed by atoms with Crippen molar-refractivity contribution in [1.82, 2.24) is 20.1 Å². The molecule has 170 valence electrons. The van der Waals surface area contributed by atoms with Crippen LogP contribution < -0.4 is 10.6 Å². The van der Waals surface area contributed by atoms with Crippen molar-refractivity contribution in [3.05, 3.63) is 58.9 Å². The quantitative estimate of drug-likeness (QED) is 0.257. The molecule has 0 bridgehead atoms. The zero-order chi connectivity index (χ0) is 23.5. The summed E-state index contributed by atoms with van der Waals surface area (Å²) in [6.45, 7) is 7.90. The summed E-state index contributed by atoms with van der Waals surface area (Å²) < 4.78 is 5.06. The Bertz CT molecular complexity index is 1340. The van der Waals surface area contributed by atoms with E-state index >= 15 is 0 Å². The third-order valence-corrected chi connectivity index (χ3v) is 5.93. The molecule has 3 heterocycles. The third kappa shape index (κ3) is 5.17. The molecule has 33 heavy (non-hydrogen) atoms. The number of aryl methyl sites for hydroxylation is 2. The van der Waals surface area contributed by atoms with Crippen LogP contribution in [0, 0.1) is 19.8 Å². The predicted octanol–water partition coefficient (Wildman–Crippen LogP) is 5.01. The average Bonchev–Trinajstić information content (AvgIpc) is 3.36. The number of amides is 1. The van der Waals surface area contributed by atoms with Gasteiger partial charge in [-0.05, 0) is 36.8 Å². The van der Waals surface area contributed by atoms with Crippen LogP contribution in [0.5, 0.6) is 0 Å². The molecule has 0 saturated carbocycles. The van der Waals surface area contributed by atoms with E-state index in [4.69, 9.17) is 4.52 Å². The number of aliphatic hydroxyl groups excluding tert-OH is 1. The number of carbonyl (C=O) groups excluding carboxylic acids is 1. The van der Waals surface area contributed by atoms with Crippen molar-refractivity contribution in [2.75, 3.05) is 10.6 Å². The monoisotopic (exact) mass is 464 g/mol. The molecule has 0 aliphatic heterocycles. The summed E-state index contributed by atoms with van der Waals surface area (Å²) in [4.78, 5) is 26.5. The number of benzene rings is 1. The van der Waals surface area contributed by atoms with Gasteiger partial charge in [-0.2, -0.15) is 4.98 Å². The van der Waals surface area contributed by atoms with E-state index in [1.54, 1.807) is 13.1 Å². The maximum absolute atomic E-state index is 12.4. The molecule has 0 aliphatic carbocycles. The van der Waals surface area contributed by atoms with E-state index in [2.05, 4.69) is 44.6 Å². The first-order chi connectivity index (χ1) is 15.8. The SMILES string of the molecule is Cc1nc(-c2ccc3ccnc(N/C=C(\O)C(=O)Nc4nc(C)c(CC(C)C)s4)c3c2)no1. The van der Waals surface area contributed by atoms with Crippen LogP contribution in [0.25, 0.3) is 22.2 Å². The van der Waals surface area contributed by atoms with Crippen molar-refractivity contribution >= 4 is 39.0 Å².